The molecule has 0 aliphatic carbocycles. The number of ether oxygens (including phenoxy) is 2. The zero-order valence-electron chi connectivity index (χ0n) is 19.3. The van der Waals surface area contributed by atoms with Crippen LogP contribution in [0.25, 0.3) is 0 Å². The maximum Gasteiger partial charge on any atom is 0.410 e. The van der Waals surface area contributed by atoms with Crippen molar-refractivity contribution in [1.29, 1.82) is 5.41 Å². The molecule has 2 aliphatic heterocycles. The standard InChI is InChI=1S/C24H26FN3O6S/c1-16-14-24(11-12-27(16)23(30)34-15-17-7-4-3-5-8-17)21(26)20(22(29)33-2)35(31,32)28(24)19-10-6-9-18(25)13-19/h3-10,13,16,20,26H,11-12,14-15H2,1-2H3. The number of hydrogen-bond acceptors (Lipinski definition) is 7. The number of halogens is 1. The first-order valence-corrected chi connectivity index (χ1v) is 12.6. The van der Waals surface area contributed by atoms with Gasteiger partial charge in [-0.05, 0) is 43.5 Å². The van der Waals surface area contributed by atoms with Crippen molar-refractivity contribution in [2.24, 2.45) is 0 Å². The summed E-state index contributed by atoms with van der Waals surface area (Å²) >= 11 is 0. The number of likely N-dealkylation sites (tertiary alicyclic amines) is 1. The number of hydrogen-bond donors (Lipinski definition) is 1. The van der Waals surface area contributed by atoms with Crippen LogP contribution in [0.4, 0.5) is 14.9 Å². The Morgan fingerprint density at radius 1 is 1.17 bits per heavy atom. The highest BCUT2D eigenvalue weighted by Gasteiger charge is 2.64. The molecule has 11 heteroatoms. The molecule has 0 aromatic heterocycles. The Labute approximate surface area is 203 Å². The summed E-state index contributed by atoms with van der Waals surface area (Å²) in [5.74, 6) is -1.73. The van der Waals surface area contributed by atoms with Crippen LogP contribution in [-0.4, -0.2) is 61.6 Å². The molecule has 2 saturated heterocycles. The van der Waals surface area contributed by atoms with E-state index in [4.69, 9.17) is 14.9 Å². The molecule has 0 radical (unpaired) electrons. The Morgan fingerprint density at radius 2 is 1.89 bits per heavy atom. The molecule has 2 aromatic carbocycles. The van der Waals surface area contributed by atoms with Gasteiger partial charge in [0.05, 0.1) is 24.0 Å². The van der Waals surface area contributed by atoms with Crippen molar-refractivity contribution in [2.75, 3.05) is 18.0 Å². The molecule has 9 nitrogen and oxygen atoms in total. The van der Waals surface area contributed by atoms with Gasteiger partial charge < -0.3 is 19.8 Å². The number of sulfonamides is 1. The van der Waals surface area contributed by atoms with Crippen LogP contribution in [0.3, 0.4) is 0 Å². The van der Waals surface area contributed by atoms with Crippen molar-refractivity contribution in [1.82, 2.24) is 4.90 Å². The van der Waals surface area contributed by atoms with E-state index in [0.717, 1.165) is 23.0 Å². The zero-order valence-corrected chi connectivity index (χ0v) is 20.1. The minimum absolute atomic E-state index is 0.00783. The molecule has 1 spiro atoms. The molecule has 3 atom stereocenters. The summed E-state index contributed by atoms with van der Waals surface area (Å²) in [7, 11) is -3.39. The quantitative estimate of drug-likeness (QED) is 0.641. The summed E-state index contributed by atoms with van der Waals surface area (Å²) in [6.07, 6.45) is -0.513. The van der Waals surface area contributed by atoms with E-state index in [1.807, 2.05) is 30.3 Å². The average Bonchev–Trinajstić information content (AvgIpc) is 2.99. The van der Waals surface area contributed by atoms with Gasteiger partial charge in [-0.3, -0.25) is 9.10 Å². The maximum absolute atomic E-state index is 14.1. The molecule has 0 saturated carbocycles. The minimum Gasteiger partial charge on any atom is -0.468 e. The summed E-state index contributed by atoms with van der Waals surface area (Å²) in [6.45, 7) is 1.88. The Kier molecular flexibility index (Phi) is 6.54. The molecule has 186 valence electrons. The summed E-state index contributed by atoms with van der Waals surface area (Å²) in [5.41, 5.74) is -0.976. The number of amides is 1. The first-order chi connectivity index (χ1) is 16.6. The third kappa shape index (κ3) is 4.24. The fourth-order valence-corrected chi connectivity index (χ4v) is 7.15. The number of carbonyl (C=O) groups is 2. The molecule has 0 bridgehead atoms. The number of esters is 1. The van der Waals surface area contributed by atoms with Gasteiger partial charge in [-0.2, -0.15) is 0 Å². The first-order valence-electron chi connectivity index (χ1n) is 11.1. The predicted octanol–water partition coefficient (Wildman–Crippen LogP) is 3.10. The van der Waals surface area contributed by atoms with E-state index in [2.05, 4.69) is 0 Å². The van der Waals surface area contributed by atoms with Crippen molar-refractivity contribution >= 4 is 33.5 Å². The SMILES string of the molecule is COC(=O)C1C(=N)C2(CCN(C(=O)OCc3ccccc3)C(C)C2)N(c2cccc(F)c2)S1(=O)=O. The van der Waals surface area contributed by atoms with E-state index in [9.17, 15) is 22.4 Å². The van der Waals surface area contributed by atoms with E-state index >= 15 is 0 Å². The van der Waals surface area contributed by atoms with Crippen molar-refractivity contribution < 1.29 is 31.9 Å². The first kappa shape index (κ1) is 24.6. The Hall–Kier alpha value is -3.47. The van der Waals surface area contributed by atoms with Crippen LogP contribution >= 0.6 is 0 Å². The van der Waals surface area contributed by atoms with Gasteiger partial charge in [-0.15, -0.1) is 0 Å². The highest BCUT2D eigenvalue weighted by atomic mass is 32.2. The molecular weight excluding hydrogens is 477 g/mol. The van der Waals surface area contributed by atoms with Crippen LogP contribution in [0.1, 0.15) is 25.3 Å². The summed E-state index contributed by atoms with van der Waals surface area (Å²) < 4.78 is 52.2. The monoisotopic (exact) mass is 503 g/mol. The number of methoxy groups -OCH3 is 1. The summed E-state index contributed by atoms with van der Waals surface area (Å²) in [6, 6.07) is 13.7. The number of anilines is 1. The zero-order chi connectivity index (χ0) is 25.4. The molecule has 3 unspecified atom stereocenters. The third-order valence-electron chi connectivity index (χ3n) is 6.53. The second-order valence-electron chi connectivity index (χ2n) is 8.67. The second kappa shape index (κ2) is 9.29. The molecule has 4 rings (SSSR count). The molecule has 2 heterocycles. The van der Waals surface area contributed by atoms with Gasteiger partial charge in [0.25, 0.3) is 10.0 Å². The number of rotatable bonds is 4. The van der Waals surface area contributed by atoms with Crippen LogP contribution in [0.15, 0.2) is 54.6 Å². The van der Waals surface area contributed by atoms with Crippen LogP contribution in [0.5, 0.6) is 0 Å². The van der Waals surface area contributed by atoms with Gasteiger partial charge in [0, 0.05) is 12.6 Å². The van der Waals surface area contributed by atoms with Crippen molar-refractivity contribution in [3.05, 3.63) is 66.0 Å². The fourth-order valence-electron chi connectivity index (χ4n) is 4.92. The van der Waals surface area contributed by atoms with E-state index < -0.39 is 44.7 Å². The summed E-state index contributed by atoms with van der Waals surface area (Å²) in [5, 5.41) is 6.93. The van der Waals surface area contributed by atoms with E-state index in [-0.39, 0.29) is 37.4 Å². The lowest BCUT2D eigenvalue weighted by atomic mass is 9.78. The maximum atomic E-state index is 14.1. The number of carbonyl (C=O) groups excluding carboxylic acids is 2. The number of piperidine rings is 1. The molecule has 2 fully saturated rings. The lowest BCUT2D eigenvalue weighted by molar-refractivity contribution is -0.138. The Bertz CT molecular complexity index is 1250. The largest absolute Gasteiger partial charge is 0.468 e. The van der Waals surface area contributed by atoms with E-state index in [0.29, 0.717) is 0 Å². The predicted molar refractivity (Wildman–Crippen MR) is 126 cm³/mol. The molecular formula is C24H26FN3O6S. The van der Waals surface area contributed by atoms with Crippen molar-refractivity contribution in [2.45, 2.75) is 43.2 Å². The Morgan fingerprint density at radius 3 is 2.51 bits per heavy atom. The van der Waals surface area contributed by atoms with Gasteiger partial charge in [0.15, 0.2) is 0 Å². The average molecular weight is 504 g/mol. The highest BCUT2D eigenvalue weighted by molar-refractivity contribution is 7.95. The topological polar surface area (TPSA) is 117 Å². The minimum atomic E-state index is -4.44. The Balaban J connectivity index is 1.65. The van der Waals surface area contributed by atoms with Gasteiger partial charge >= 0.3 is 12.1 Å². The molecule has 2 aromatic rings. The molecule has 2 aliphatic rings. The molecule has 1 N–H and O–H groups in total. The van der Waals surface area contributed by atoms with Crippen LogP contribution in [0.2, 0.25) is 0 Å². The lowest BCUT2D eigenvalue weighted by Gasteiger charge is -2.46. The number of nitrogens with one attached hydrogen (secondary N) is 1. The van der Waals surface area contributed by atoms with Gasteiger partial charge in [0.2, 0.25) is 5.25 Å². The number of benzene rings is 2. The summed E-state index contributed by atoms with van der Waals surface area (Å²) in [4.78, 5) is 26.7. The van der Waals surface area contributed by atoms with Gasteiger partial charge in [-0.1, -0.05) is 36.4 Å². The number of nitrogens with zero attached hydrogens (tertiary/aromatic N) is 2. The van der Waals surface area contributed by atoms with Crippen LogP contribution < -0.4 is 4.31 Å². The van der Waals surface area contributed by atoms with Crippen molar-refractivity contribution in [3.63, 3.8) is 0 Å². The molecule has 1 amide bonds. The van der Waals surface area contributed by atoms with Gasteiger partial charge in [-0.25, -0.2) is 17.6 Å². The third-order valence-corrected chi connectivity index (χ3v) is 8.63. The lowest BCUT2D eigenvalue weighted by Crippen LogP contribution is -2.60. The molecule has 35 heavy (non-hydrogen) atoms. The normalized spacial score (nSPS) is 25.5. The second-order valence-corrected chi connectivity index (χ2v) is 10.5. The van der Waals surface area contributed by atoms with Crippen LogP contribution in [0, 0.1) is 11.2 Å². The van der Waals surface area contributed by atoms with E-state index in [1.165, 1.54) is 23.1 Å². The van der Waals surface area contributed by atoms with Gasteiger partial charge in [0.1, 0.15) is 12.4 Å². The fraction of sp³-hybridized carbons (Fsp3) is 0.375. The highest BCUT2D eigenvalue weighted by Crippen LogP contribution is 2.46. The van der Waals surface area contributed by atoms with Crippen LogP contribution in [-0.2, 0) is 30.9 Å². The van der Waals surface area contributed by atoms with Crippen molar-refractivity contribution in [3.8, 4) is 0 Å². The smallest absolute Gasteiger partial charge is 0.410 e. The van der Waals surface area contributed by atoms with E-state index in [1.54, 1.807) is 6.92 Å².